The standard InChI is InChI=1S/C12H21N5O2S/c1-4-5-6-7-20-11-8(9(13)18)10(15-16-11)14-12(19)17(2)3/h4-7H2,1-3H3,(H2,13,18)(H2,14,15,16,19). The van der Waals surface area contributed by atoms with E-state index >= 15 is 0 Å². The number of hydrogen-bond donors (Lipinski definition) is 3. The van der Waals surface area contributed by atoms with Gasteiger partial charge in [0, 0.05) is 14.1 Å². The van der Waals surface area contributed by atoms with Crippen LogP contribution in [0.3, 0.4) is 0 Å². The van der Waals surface area contributed by atoms with Crippen molar-refractivity contribution >= 4 is 29.5 Å². The number of thioether (sulfide) groups is 1. The monoisotopic (exact) mass is 299 g/mol. The molecule has 0 aliphatic carbocycles. The maximum atomic E-state index is 11.6. The largest absolute Gasteiger partial charge is 0.365 e. The maximum absolute atomic E-state index is 11.6. The van der Waals surface area contributed by atoms with Crippen LogP contribution < -0.4 is 11.1 Å². The molecule has 0 saturated heterocycles. The summed E-state index contributed by atoms with van der Waals surface area (Å²) in [5.74, 6) is 0.500. The van der Waals surface area contributed by atoms with Crippen LogP contribution in [0.2, 0.25) is 0 Å². The van der Waals surface area contributed by atoms with Crippen molar-refractivity contribution in [3.63, 3.8) is 0 Å². The Morgan fingerprint density at radius 1 is 1.40 bits per heavy atom. The number of aromatic nitrogens is 2. The van der Waals surface area contributed by atoms with Gasteiger partial charge in [0.15, 0.2) is 0 Å². The van der Waals surface area contributed by atoms with Crippen molar-refractivity contribution in [1.82, 2.24) is 15.1 Å². The molecule has 20 heavy (non-hydrogen) atoms. The predicted molar refractivity (Wildman–Crippen MR) is 80.1 cm³/mol. The lowest BCUT2D eigenvalue weighted by Gasteiger charge is -2.11. The molecule has 0 bridgehead atoms. The van der Waals surface area contributed by atoms with E-state index in [4.69, 9.17) is 5.73 Å². The number of nitrogens with two attached hydrogens (primary N) is 1. The molecule has 4 N–H and O–H groups in total. The first-order valence-electron chi connectivity index (χ1n) is 6.46. The Labute approximate surface area is 122 Å². The molecule has 0 spiro atoms. The van der Waals surface area contributed by atoms with Gasteiger partial charge in [-0.05, 0) is 12.2 Å². The van der Waals surface area contributed by atoms with Crippen LogP contribution in [-0.4, -0.2) is 46.9 Å². The third-order valence-corrected chi connectivity index (χ3v) is 3.67. The molecule has 0 fully saturated rings. The van der Waals surface area contributed by atoms with Crippen LogP contribution in [0.1, 0.15) is 36.5 Å². The van der Waals surface area contributed by atoms with E-state index in [1.807, 2.05) is 0 Å². The number of anilines is 1. The number of rotatable bonds is 7. The van der Waals surface area contributed by atoms with Crippen LogP contribution in [0, 0.1) is 0 Å². The molecule has 1 rings (SSSR count). The maximum Gasteiger partial charge on any atom is 0.322 e. The fourth-order valence-electron chi connectivity index (χ4n) is 1.49. The minimum absolute atomic E-state index is 0.238. The van der Waals surface area contributed by atoms with Crippen molar-refractivity contribution in [1.29, 1.82) is 0 Å². The van der Waals surface area contributed by atoms with Crippen molar-refractivity contribution < 1.29 is 9.59 Å². The quantitative estimate of drug-likeness (QED) is 0.528. The normalized spacial score (nSPS) is 10.3. The van der Waals surface area contributed by atoms with Gasteiger partial charge in [-0.3, -0.25) is 15.2 Å². The van der Waals surface area contributed by atoms with Gasteiger partial charge in [-0.2, -0.15) is 5.10 Å². The lowest BCUT2D eigenvalue weighted by molar-refractivity contribution is 0.0998. The van der Waals surface area contributed by atoms with E-state index in [-0.39, 0.29) is 17.4 Å². The molecule has 0 saturated carbocycles. The summed E-state index contributed by atoms with van der Waals surface area (Å²) in [6, 6.07) is -0.348. The van der Waals surface area contributed by atoms with Crippen molar-refractivity contribution in [2.24, 2.45) is 5.73 Å². The lowest BCUT2D eigenvalue weighted by atomic mass is 10.3. The van der Waals surface area contributed by atoms with E-state index in [9.17, 15) is 9.59 Å². The topological polar surface area (TPSA) is 104 Å². The number of nitrogens with zero attached hydrogens (tertiary/aromatic N) is 2. The van der Waals surface area contributed by atoms with E-state index in [1.54, 1.807) is 14.1 Å². The second-order valence-electron chi connectivity index (χ2n) is 4.52. The Balaban J connectivity index is 2.79. The molecule has 1 aromatic rings. The highest BCUT2D eigenvalue weighted by atomic mass is 32.2. The van der Waals surface area contributed by atoms with Crippen LogP contribution in [-0.2, 0) is 0 Å². The number of hydrogen-bond acceptors (Lipinski definition) is 4. The summed E-state index contributed by atoms with van der Waals surface area (Å²) in [6.45, 7) is 2.13. The molecule has 0 aliphatic heterocycles. The van der Waals surface area contributed by atoms with Crippen LogP contribution in [0.15, 0.2) is 5.03 Å². The fourth-order valence-corrected chi connectivity index (χ4v) is 2.49. The van der Waals surface area contributed by atoms with Gasteiger partial charge < -0.3 is 10.6 Å². The van der Waals surface area contributed by atoms with Crippen molar-refractivity contribution in [3.05, 3.63) is 5.56 Å². The number of carbonyl (C=O) groups excluding carboxylic acids is 2. The van der Waals surface area contributed by atoms with E-state index in [0.717, 1.165) is 25.0 Å². The molecule has 112 valence electrons. The Hall–Kier alpha value is -1.70. The first-order chi connectivity index (χ1) is 9.47. The van der Waals surface area contributed by atoms with E-state index in [0.29, 0.717) is 5.03 Å². The molecule has 7 nitrogen and oxygen atoms in total. The third kappa shape index (κ3) is 4.44. The average Bonchev–Trinajstić information content (AvgIpc) is 2.77. The van der Waals surface area contributed by atoms with E-state index in [2.05, 4.69) is 22.4 Å². The van der Waals surface area contributed by atoms with Gasteiger partial charge in [-0.15, -0.1) is 11.8 Å². The summed E-state index contributed by atoms with van der Waals surface area (Å²) in [6.07, 6.45) is 3.31. The SMILES string of the molecule is CCCCCSc1n[nH]c(NC(=O)N(C)C)c1C(N)=O. The highest BCUT2D eigenvalue weighted by Crippen LogP contribution is 2.26. The zero-order valence-electron chi connectivity index (χ0n) is 12.0. The van der Waals surface area contributed by atoms with Gasteiger partial charge in [0.05, 0.1) is 0 Å². The first-order valence-corrected chi connectivity index (χ1v) is 7.45. The summed E-state index contributed by atoms with van der Waals surface area (Å²) >= 11 is 1.46. The third-order valence-electron chi connectivity index (χ3n) is 2.60. The minimum atomic E-state index is -0.606. The van der Waals surface area contributed by atoms with Crippen LogP contribution >= 0.6 is 11.8 Å². The average molecular weight is 299 g/mol. The molecule has 1 heterocycles. The van der Waals surface area contributed by atoms with Crippen LogP contribution in [0.25, 0.3) is 0 Å². The number of urea groups is 1. The van der Waals surface area contributed by atoms with Crippen LogP contribution in [0.4, 0.5) is 10.6 Å². The van der Waals surface area contributed by atoms with Gasteiger partial charge >= 0.3 is 6.03 Å². The van der Waals surface area contributed by atoms with E-state index in [1.165, 1.54) is 16.7 Å². The highest BCUT2D eigenvalue weighted by Gasteiger charge is 2.20. The Morgan fingerprint density at radius 3 is 2.65 bits per heavy atom. The van der Waals surface area contributed by atoms with Crippen molar-refractivity contribution in [2.75, 3.05) is 25.2 Å². The second kappa shape index (κ2) is 7.78. The fraction of sp³-hybridized carbons (Fsp3) is 0.583. The zero-order chi connectivity index (χ0) is 15.1. The Bertz CT molecular complexity index is 472. The van der Waals surface area contributed by atoms with Gasteiger partial charge in [-0.25, -0.2) is 4.79 Å². The smallest absolute Gasteiger partial charge is 0.322 e. The highest BCUT2D eigenvalue weighted by molar-refractivity contribution is 7.99. The molecule has 0 aliphatic rings. The predicted octanol–water partition coefficient (Wildman–Crippen LogP) is 1.88. The molecular formula is C12H21N5O2S. The summed E-state index contributed by atoms with van der Waals surface area (Å²) < 4.78 is 0. The molecule has 0 radical (unpaired) electrons. The Morgan fingerprint density at radius 2 is 2.10 bits per heavy atom. The molecule has 0 atom stereocenters. The molecular weight excluding hydrogens is 278 g/mol. The van der Waals surface area contributed by atoms with Gasteiger partial charge in [0.1, 0.15) is 16.4 Å². The Kier molecular flexibility index (Phi) is 6.37. The number of carbonyl (C=O) groups is 2. The number of unbranched alkanes of at least 4 members (excludes halogenated alkanes) is 2. The van der Waals surface area contributed by atoms with Crippen LogP contribution in [0.5, 0.6) is 0 Å². The molecule has 3 amide bonds. The van der Waals surface area contributed by atoms with Gasteiger partial charge in [0.2, 0.25) is 0 Å². The number of primary amides is 1. The number of amides is 3. The summed E-state index contributed by atoms with van der Waals surface area (Å²) in [4.78, 5) is 24.5. The van der Waals surface area contributed by atoms with Crippen molar-refractivity contribution in [2.45, 2.75) is 31.2 Å². The minimum Gasteiger partial charge on any atom is -0.365 e. The number of H-pyrrole nitrogens is 1. The second-order valence-corrected chi connectivity index (χ2v) is 5.61. The van der Waals surface area contributed by atoms with Crippen molar-refractivity contribution in [3.8, 4) is 0 Å². The molecule has 0 aromatic carbocycles. The zero-order valence-corrected chi connectivity index (χ0v) is 12.8. The first kappa shape index (κ1) is 16.4. The molecule has 8 heteroatoms. The lowest BCUT2D eigenvalue weighted by Crippen LogP contribution is -2.28. The summed E-state index contributed by atoms with van der Waals surface area (Å²) in [5, 5.41) is 9.80. The summed E-state index contributed by atoms with van der Waals surface area (Å²) in [5.41, 5.74) is 5.60. The molecule has 0 unspecified atom stereocenters. The number of aromatic amines is 1. The molecule has 1 aromatic heterocycles. The summed E-state index contributed by atoms with van der Waals surface area (Å²) in [7, 11) is 3.21. The van der Waals surface area contributed by atoms with Gasteiger partial charge in [-0.1, -0.05) is 19.8 Å². The van der Waals surface area contributed by atoms with Gasteiger partial charge in [0.25, 0.3) is 5.91 Å². The van der Waals surface area contributed by atoms with E-state index < -0.39 is 5.91 Å². The number of nitrogens with one attached hydrogen (secondary N) is 2.